The number of ether oxygens (including phenoxy) is 1. The van der Waals surface area contributed by atoms with Crippen LogP contribution in [0.15, 0.2) is 34.9 Å². The number of rotatable bonds is 5. The normalized spacial score (nSPS) is 30.3. The van der Waals surface area contributed by atoms with Crippen molar-refractivity contribution >= 4 is 28.4 Å². The third-order valence-corrected chi connectivity index (χ3v) is 7.19. The van der Waals surface area contributed by atoms with Gasteiger partial charge < -0.3 is 9.73 Å². The SMILES string of the molecule is O=C(NC12CC(c3nnc([C@H]4C[C@@H](OC(F)(F)F)C4)o3)(C1)C2)c1cnc2cc(Cl)ccc2c1. The highest BCUT2D eigenvalue weighted by molar-refractivity contribution is 6.31. The van der Waals surface area contributed by atoms with Crippen molar-refractivity contribution in [3.63, 3.8) is 0 Å². The lowest BCUT2D eigenvalue weighted by Gasteiger charge is -2.68. The molecular formula is C22H18ClF3N4O3. The lowest BCUT2D eigenvalue weighted by Crippen LogP contribution is -2.76. The number of amides is 1. The van der Waals surface area contributed by atoms with Gasteiger partial charge in [-0.25, -0.2) is 0 Å². The molecule has 1 N–H and O–H groups in total. The Morgan fingerprint density at radius 1 is 1.18 bits per heavy atom. The second-order valence-electron chi connectivity index (χ2n) is 9.41. The minimum atomic E-state index is -4.63. The molecule has 2 heterocycles. The van der Waals surface area contributed by atoms with Crippen molar-refractivity contribution < 1.29 is 27.1 Å². The summed E-state index contributed by atoms with van der Waals surface area (Å²) in [5.41, 5.74) is 0.633. The van der Waals surface area contributed by atoms with Crippen LogP contribution in [0.3, 0.4) is 0 Å². The molecule has 2 aromatic heterocycles. The molecule has 7 nitrogen and oxygen atoms in total. The highest BCUT2D eigenvalue weighted by Gasteiger charge is 2.72. The first-order valence-corrected chi connectivity index (χ1v) is 11.0. The Kier molecular flexibility index (Phi) is 4.36. The summed E-state index contributed by atoms with van der Waals surface area (Å²) in [5.74, 6) is 0.453. The van der Waals surface area contributed by atoms with E-state index in [9.17, 15) is 18.0 Å². The predicted molar refractivity (Wildman–Crippen MR) is 110 cm³/mol. The van der Waals surface area contributed by atoms with Gasteiger partial charge >= 0.3 is 6.36 Å². The topological polar surface area (TPSA) is 90.1 Å². The van der Waals surface area contributed by atoms with Crippen molar-refractivity contribution in [1.29, 1.82) is 0 Å². The minimum absolute atomic E-state index is 0.191. The van der Waals surface area contributed by atoms with Crippen molar-refractivity contribution in [3.8, 4) is 0 Å². The van der Waals surface area contributed by atoms with Gasteiger partial charge in [0, 0.05) is 28.1 Å². The number of alkyl halides is 3. The molecule has 11 heteroatoms. The Morgan fingerprint density at radius 2 is 1.94 bits per heavy atom. The van der Waals surface area contributed by atoms with E-state index in [1.807, 2.05) is 6.07 Å². The van der Waals surface area contributed by atoms with Crippen LogP contribution in [-0.4, -0.2) is 39.1 Å². The smallest absolute Gasteiger partial charge is 0.424 e. The number of pyridine rings is 1. The molecule has 0 spiro atoms. The standard InChI is InChI=1S/C22H18ClF3N4O3/c23-14-2-1-11-3-13(7-27-16(11)6-14)17(31)28-21-8-20(9-21,10-21)19-30-29-18(32-19)12-4-15(5-12)33-22(24,25)26/h1-3,6-7,12,15H,4-5,8-10H2,(H,28,31)/t12-,15+,20?,21?. The van der Waals surface area contributed by atoms with Crippen molar-refractivity contribution in [2.45, 2.75) is 61.4 Å². The van der Waals surface area contributed by atoms with Crippen molar-refractivity contribution in [2.75, 3.05) is 0 Å². The summed E-state index contributed by atoms with van der Waals surface area (Å²) in [7, 11) is 0. The summed E-state index contributed by atoms with van der Waals surface area (Å²) in [6, 6.07) is 7.11. The van der Waals surface area contributed by atoms with E-state index in [-0.39, 0.29) is 35.6 Å². The van der Waals surface area contributed by atoms with Crippen molar-refractivity contribution in [2.24, 2.45) is 0 Å². The first kappa shape index (κ1) is 20.9. The molecule has 0 atom stereocenters. The quantitative estimate of drug-likeness (QED) is 0.573. The van der Waals surface area contributed by atoms with Crippen LogP contribution in [0, 0.1) is 0 Å². The fraction of sp³-hybridized carbons (Fsp3) is 0.455. The zero-order valence-corrected chi connectivity index (χ0v) is 17.9. The number of benzene rings is 1. The Labute approximate surface area is 190 Å². The monoisotopic (exact) mass is 478 g/mol. The largest absolute Gasteiger partial charge is 0.522 e. The molecule has 4 saturated carbocycles. The van der Waals surface area contributed by atoms with E-state index in [4.69, 9.17) is 16.0 Å². The Bertz CT molecular complexity index is 1250. The number of halogens is 4. The average molecular weight is 479 g/mol. The summed E-state index contributed by atoms with van der Waals surface area (Å²) < 4.78 is 46.7. The van der Waals surface area contributed by atoms with E-state index in [1.54, 1.807) is 18.2 Å². The first-order chi connectivity index (χ1) is 15.6. The van der Waals surface area contributed by atoms with Crippen LogP contribution < -0.4 is 5.32 Å². The summed E-state index contributed by atoms with van der Waals surface area (Å²) in [4.78, 5) is 17.1. The van der Waals surface area contributed by atoms with Gasteiger partial charge in [-0.05, 0) is 50.3 Å². The summed E-state index contributed by atoms with van der Waals surface area (Å²) in [6.07, 6.45) is -1.47. The molecule has 1 aromatic carbocycles. The number of hydrogen-bond acceptors (Lipinski definition) is 6. The first-order valence-electron chi connectivity index (χ1n) is 10.6. The van der Waals surface area contributed by atoms with E-state index < -0.39 is 12.5 Å². The second-order valence-corrected chi connectivity index (χ2v) is 9.84. The van der Waals surface area contributed by atoms with Gasteiger partial charge in [0.25, 0.3) is 5.91 Å². The molecule has 172 valence electrons. The molecule has 4 fully saturated rings. The lowest BCUT2D eigenvalue weighted by molar-refractivity contribution is -0.352. The summed E-state index contributed by atoms with van der Waals surface area (Å²) in [5, 5.41) is 12.7. The maximum atomic E-state index is 12.8. The van der Waals surface area contributed by atoms with E-state index in [0.29, 0.717) is 41.6 Å². The zero-order valence-electron chi connectivity index (χ0n) is 17.2. The van der Waals surface area contributed by atoms with Crippen LogP contribution in [0.4, 0.5) is 13.2 Å². The zero-order chi connectivity index (χ0) is 23.0. The maximum Gasteiger partial charge on any atom is 0.522 e. The van der Waals surface area contributed by atoms with Crippen LogP contribution in [0.2, 0.25) is 5.02 Å². The second kappa shape index (κ2) is 6.89. The Balaban J connectivity index is 1.06. The molecule has 0 aliphatic heterocycles. The molecule has 7 rings (SSSR count). The molecule has 2 bridgehead atoms. The highest BCUT2D eigenvalue weighted by atomic mass is 35.5. The number of carbonyl (C=O) groups excluding carboxylic acids is 1. The number of hydrogen-bond donors (Lipinski definition) is 1. The fourth-order valence-electron chi connectivity index (χ4n) is 5.35. The van der Waals surface area contributed by atoms with E-state index >= 15 is 0 Å². The molecule has 4 aliphatic rings. The van der Waals surface area contributed by atoms with Crippen LogP contribution >= 0.6 is 11.6 Å². The van der Waals surface area contributed by atoms with Crippen LogP contribution in [0.5, 0.6) is 0 Å². The maximum absolute atomic E-state index is 12.8. The van der Waals surface area contributed by atoms with Gasteiger partial charge in [0.05, 0.1) is 22.6 Å². The molecule has 1 amide bonds. The van der Waals surface area contributed by atoms with Gasteiger partial charge in [-0.3, -0.25) is 14.5 Å². The van der Waals surface area contributed by atoms with Crippen molar-refractivity contribution in [1.82, 2.24) is 20.5 Å². The molecule has 3 aromatic rings. The van der Waals surface area contributed by atoms with Gasteiger partial charge in [0.1, 0.15) is 0 Å². The molecule has 33 heavy (non-hydrogen) atoms. The average Bonchev–Trinajstić information content (AvgIpc) is 3.13. The van der Waals surface area contributed by atoms with Gasteiger partial charge in [-0.1, -0.05) is 17.7 Å². The number of carbonyl (C=O) groups is 1. The van der Waals surface area contributed by atoms with Gasteiger partial charge in [-0.15, -0.1) is 23.4 Å². The van der Waals surface area contributed by atoms with Gasteiger partial charge in [-0.2, -0.15) is 0 Å². The fourth-order valence-corrected chi connectivity index (χ4v) is 5.51. The molecule has 0 saturated heterocycles. The van der Waals surface area contributed by atoms with Gasteiger partial charge in [0.2, 0.25) is 11.8 Å². The Hall–Kier alpha value is -2.72. The third kappa shape index (κ3) is 3.56. The molecule has 0 radical (unpaired) electrons. The predicted octanol–water partition coefficient (Wildman–Crippen LogP) is 4.66. The van der Waals surface area contributed by atoms with Crippen LogP contribution in [-0.2, 0) is 10.2 Å². The summed E-state index contributed by atoms with van der Waals surface area (Å²) in [6.45, 7) is 0. The number of aromatic nitrogens is 3. The molecule has 4 aliphatic carbocycles. The van der Waals surface area contributed by atoms with E-state index in [0.717, 1.165) is 10.9 Å². The van der Waals surface area contributed by atoms with Gasteiger partial charge in [0.15, 0.2) is 0 Å². The number of nitrogens with zero attached hydrogens (tertiary/aromatic N) is 3. The number of fused-ring (bicyclic) bond motifs is 1. The highest BCUT2D eigenvalue weighted by Crippen LogP contribution is 2.67. The molecular weight excluding hydrogens is 461 g/mol. The van der Waals surface area contributed by atoms with Crippen molar-refractivity contribution in [3.05, 3.63) is 52.8 Å². The third-order valence-electron chi connectivity index (χ3n) is 6.96. The van der Waals surface area contributed by atoms with Crippen LogP contribution in [0.1, 0.15) is 60.2 Å². The number of nitrogens with one attached hydrogen (secondary N) is 1. The molecule has 0 unspecified atom stereocenters. The van der Waals surface area contributed by atoms with Crippen LogP contribution in [0.25, 0.3) is 10.9 Å². The van der Waals surface area contributed by atoms with E-state index in [2.05, 4.69) is 25.2 Å². The minimum Gasteiger partial charge on any atom is -0.424 e. The van der Waals surface area contributed by atoms with E-state index in [1.165, 1.54) is 6.20 Å². The summed E-state index contributed by atoms with van der Waals surface area (Å²) >= 11 is 5.98. The lowest BCUT2D eigenvalue weighted by atomic mass is 9.39. The Morgan fingerprint density at radius 3 is 2.67 bits per heavy atom.